The number of carbonyl (C=O) groups is 4. The second-order valence-corrected chi connectivity index (χ2v) is 12.7. The van der Waals surface area contributed by atoms with Crippen molar-refractivity contribution in [1.82, 2.24) is 0 Å². The predicted molar refractivity (Wildman–Crippen MR) is 201 cm³/mol. The molecule has 0 fully saturated rings. The van der Waals surface area contributed by atoms with Crippen molar-refractivity contribution >= 4 is 46.3 Å². The number of hydrogen-bond acceptors (Lipinski definition) is 11. The minimum absolute atomic E-state index is 0.0364. The predicted octanol–water partition coefficient (Wildman–Crippen LogP) is 5.44. The standard InChI is InChI=1S/C40H46N4O7/c1-41(2)29-13-9-27(10-14-29)37(45)33-19-17-31(43(5)6)25-35(33)39(47)50-23-21-49-22-24-51-40(48)36-26-32(44(7)8)18-20-34(36)38(46)28-11-15-30(16-12-28)42(3)4/h9-20,25-26H,21-24H2,1-8H3. The molecule has 0 N–H and O–H groups in total. The van der Waals surface area contributed by atoms with Crippen LogP contribution in [0.5, 0.6) is 0 Å². The van der Waals surface area contributed by atoms with Gasteiger partial charge in [-0.2, -0.15) is 0 Å². The van der Waals surface area contributed by atoms with Gasteiger partial charge in [0.05, 0.1) is 24.3 Å². The Morgan fingerprint density at radius 3 is 1.04 bits per heavy atom. The fourth-order valence-corrected chi connectivity index (χ4v) is 5.13. The minimum atomic E-state index is -0.656. The van der Waals surface area contributed by atoms with E-state index in [-0.39, 0.29) is 60.2 Å². The number of carbonyl (C=O) groups excluding carboxylic acids is 4. The maximum Gasteiger partial charge on any atom is 0.339 e. The first-order valence-electron chi connectivity index (χ1n) is 16.5. The summed E-state index contributed by atoms with van der Waals surface area (Å²) in [5, 5.41) is 0. The molecule has 11 nitrogen and oxygen atoms in total. The Hall–Kier alpha value is -5.68. The molecule has 0 aliphatic heterocycles. The monoisotopic (exact) mass is 694 g/mol. The number of benzene rings is 4. The third kappa shape index (κ3) is 9.73. The van der Waals surface area contributed by atoms with Crippen molar-refractivity contribution in [1.29, 1.82) is 0 Å². The molecule has 51 heavy (non-hydrogen) atoms. The smallest absolute Gasteiger partial charge is 0.339 e. The number of ketones is 2. The lowest BCUT2D eigenvalue weighted by molar-refractivity contribution is 0.0149. The molecule has 0 unspecified atom stereocenters. The highest BCUT2D eigenvalue weighted by Gasteiger charge is 2.23. The number of rotatable bonds is 16. The molecular weight excluding hydrogens is 648 g/mol. The van der Waals surface area contributed by atoms with Crippen LogP contribution in [-0.4, -0.2) is 106 Å². The van der Waals surface area contributed by atoms with Gasteiger partial charge in [-0.05, 0) is 84.9 Å². The zero-order chi connectivity index (χ0) is 37.2. The molecule has 0 atom stereocenters. The summed E-state index contributed by atoms with van der Waals surface area (Å²) >= 11 is 0. The summed E-state index contributed by atoms with van der Waals surface area (Å²) in [6.45, 7) is -0.0932. The van der Waals surface area contributed by atoms with E-state index in [2.05, 4.69) is 0 Å². The molecule has 0 radical (unpaired) electrons. The van der Waals surface area contributed by atoms with Crippen molar-refractivity contribution in [3.8, 4) is 0 Å². The van der Waals surface area contributed by atoms with Crippen LogP contribution in [0.3, 0.4) is 0 Å². The van der Waals surface area contributed by atoms with Gasteiger partial charge >= 0.3 is 11.9 Å². The molecule has 0 aliphatic carbocycles. The first-order valence-corrected chi connectivity index (χ1v) is 16.5. The van der Waals surface area contributed by atoms with Crippen LogP contribution in [0.2, 0.25) is 0 Å². The van der Waals surface area contributed by atoms with E-state index < -0.39 is 11.9 Å². The van der Waals surface area contributed by atoms with Crippen molar-refractivity contribution in [3.05, 3.63) is 118 Å². The van der Waals surface area contributed by atoms with Crippen molar-refractivity contribution in [2.24, 2.45) is 0 Å². The van der Waals surface area contributed by atoms with Gasteiger partial charge in [-0.15, -0.1) is 0 Å². The molecule has 268 valence electrons. The highest BCUT2D eigenvalue weighted by molar-refractivity contribution is 6.15. The van der Waals surface area contributed by atoms with E-state index in [1.54, 1.807) is 60.7 Å². The zero-order valence-corrected chi connectivity index (χ0v) is 30.6. The zero-order valence-electron chi connectivity index (χ0n) is 30.6. The SMILES string of the molecule is CN(C)c1ccc(C(=O)c2ccc(N(C)C)cc2C(=O)OCCOCCOC(=O)c2cc(N(C)C)ccc2C(=O)c2ccc(N(C)C)cc2)cc1. The van der Waals surface area contributed by atoms with Gasteiger partial charge in [0.25, 0.3) is 0 Å². The van der Waals surface area contributed by atoms with Gasteiger partial charge in [0.15, 0.2) is 11.6 Å². The van der Waals surface area contributed by atoms with Crippen LogP contribution in [-0.2, 0) is 14.2 Å². The Morgan fingerprint density at radius 1 is 0.412 bits per heavy atom. The van der Waals surface area contributed by atoms with Gasteiger partial charge in [0.1, 0.15) is 13.2 Å². The molecule has 4 aromatic rings. The summed E-state index contributed by atoms with van der Waals surface area (Å²) in [6, 6.07) is 24.4. The second kappa shape index (κ2) is 17.3. The Morgan fingerprint density at radius 2 is 0.725 bits per heavy atom. The minimum Gasteiger partial charge on any atom is -0.460 e. The van der Waals surface area contributed by atoms with Crippen molar-refractivity contribution in [3.63, 3.8) is 0 Å². The number of ether oxygens (including phenoxy) is 3. The molecule has 0 aromatic heterocycles. The molecule has 0 saturated heterocycles. The second-order valence-electron chi connectivity index (χ2n) is 12.7. The third-order valence-corrected chi connectivity index (χ3v) is 8.18. The van der Waals surface area contributed by atoms with E-state index >= 15 is 0 Å². The topological polar surface area (TPSA) is 109 Å². The van der Waals surface area contributed by atoms with E-state index in [4.69, 9.17) is 14.2 Å². The average molecular weight is 695 g/mol. The molecule has 0 amide bonds. The lowest BCUT2D eigenvalue weighted by atomic mass is 9.97. The van der Waals surface area contributed by atoms with Gasteiger partial charge < -0.3 is 33.8 Å². The molecule has 0 saturated carbocycles. The maximum absolute atomic E-state index is 13.4. The summed E-state index contributed by atoms with van der Waals surface area (Å²) in [7, 11) is 15.0. The Bertz CT molecular complexity index is 1720. The van der Waals surface area contributed by atoms with Gasteiger partial charge in [-0.25, -0.2) is 9.59 Å². The molecule has 4 rings (SSSR count). The van der Waals surface area contributed by atoms with Crippen LogP contribution in [0.1, 0.15) is 52.6 Å². The lowest BCUT2D eigenvalue weighted by Crippen LogP contribution is -2.19. The van der Waals surface area contributed by atoms with E-state index in [0.29, 0.717) is 11.1 Å². The van der Waals surface area contributed by atoms with Crippen molar-refractivity contribution in [2.45, 2.75) is 0 Å². The van der Waals surface area contributed by atoms with E-state index in [1.165, 1.54) is 0 Å². The maximum atomic E-state index is 13.4. The van der Waals surface area contributed by atoms with Crippen LogP contribution >= 0.6 is 0 Å². The van der Waals surface area contributed by atoms with Gasteiger partial charge in [-0.3, -0.25) is 9.59 Å². The molecule has 11 heteroatoms. The normalized spacial score (nSPS) is 10.7. The molecule has 4 aromatic carbocycles. The number of hydrogen-bond donors (Lipinski definition) is 0. The summed E-state index contributed by atoms with van der Waals surface area (Å²) in [4.78, 5) is 60.8. The Kier molecular flexibility index (Phi) is 12.9. The lowest BCUT2D eigenvalue weighted by Gasteiger charge is -2.17. The first kappa shape index (κ1) is 38.1. The van der Waals surface area contributed by atoms with Crippen molar-refractivity contribution < 1.29 is 33.4 Å². The summed E-state index contributed by atoms with van der Waals surface area (Å²) in [6.07, 6.45) is 0. The van der Waals surface area contributed by atoms with Gasteiger partial charge in [0.2, 0.25) is 0 Å². The molecule has 0 spiro atoms. The van der Waals surface area contributed by atoms with Crippen LogP contribution in [0.15, 0.2) is 84.9 Å². The van der Waals surface area contributed by atoms with Crippen LogP contribution in [0, 0.1) is 0 Å². The number of esters is 2. The average Bonchev–Trinajstić information content (AvgIpc) is 3.13. The largest absolute Gasteiger partial charge is 0.460 e. The van der Waals surface area contributed by atoms with Crippen LogP contribution in [0.4, 0.5) is 22.7 Å². The first-order chi connectivity index (χ1) is 24.3. The highest BCUT2D eigenvalue weighted by atomic mass is 16.6. The molecule has 0 aliphatic rings. The van der Waals surface area contributed by atoms with Crippen molar-refractivity contribution in [2.75, 3.05) is 102 Å². The summed E-state index contributed by atoms with van der Waals surface area (Å²) in [5.41, 5.74) is 5.04. The quantitative estimate of drug-likeness (QED) is 0.0850. The molecule has 0 bridgehead atoms. The summed E-state index contributed by atoms with van der Waals surface area (Å²) in [5.74, 6) is -1.90. The van der Waals surface area contributed by atoms with Crippen LogP contribution in [0.25, 0.3) is 0 Å². The Labute approximate surface area is 299 Å². The highest BCUT2D eigenvalue weighted by Crippen LogP contribution is 2.25. The van der Waals surface area contributed by atoms with Crippen LogP contribution < -0.4 is 19.6 Å². The third-order valence-electron chi connectivity index (χ3n) is 8.18. The van der Waals surface area contributed by atoms with E-state index in [9.17, 15) is 19.2 Å². The molecular formula is C40H46N4O7. The fourth-order valence-electron chi connectivity index (χ4n) is 5.13. The summed E-state index contributed by atoms with van der Waals surface area (Å²) < 4.78 is 16.5. The van der Waals surface area contributed by atoms with Gasteiger partial charge in [-0.1, -0.05) is 0 Å². The number of anilines is 4. The van der Waals surface area contributed by atoms with E-state index in [0.717, 1.165) is 22.7 Å². The molecule has 0 heterocycles. The fraction of sp³-hybridized carbons (Fsp3) is 0.300. The number of nitrogens with zero attached hydrogens (tertiary/aromatic N) is 4. The van der Waals surface area contributed by atoms with E-state index in [1.807, 2.05) is 100 Å². The van der Waals surface area contributed by atoms with Gasteiger partial charge in [0, 0.05) is 101 Å². The Balaban J connectivity index is 1.34.